The number of ether oxygens (including phenoxy) is 1. The van der Waals surface area contributed by atoms with Gasteiger partial charge in [-0.25, -0.2) is 0 Å². The molecule has 0 saturated heterocycles. The Morgan fingerprint density at radius 2 is 1.12 bits per heavy atom. The summed E-state index contributed by atoms with van der Waals surface area (Å²) in [5.74, 6) is 3.50. The van der Waals surface area contributed by atoms with Gasteiger partial charge in [0.1, 0.15) is 23.0 Å². The predicted octanol–water partition coefficient (Wildman–Crippen LogP) is 7.01. The Balaban J connectivity index is 3.08. The Hall–Kier alpha value is -0.000000000000000111. The van der Waals surface area contributed by atoms with Gasteiger partial charge in [-0.05, 0) is 12.8 Å². The summed E-state index contributed by atoms with van der Waals surface area (Å²) in [4.78, 5) is 0. The summed E-state index contributed by atoms with van der Waals surface area (Å²) in [7, 11) is 0. The van der Waals surface area contributed by atoms with E-state index in [1.807, 2.05) is 23.0 Å². The van der Waals surface area contributed by atoms with Crippen LogP contribution in [0.1, 0.15) is 83.5 Å². The molecule has 0 aliphatic carbocycles. The standard InChI is InChI=1S/C19H32F3IO2/c20-19(21,22)15-13-11-9-7-5-3-1-2-4-6-8-10-12-14-16-24-17-18-25-23/h1-12,14,16-18H2. The van der Waals surface area contributed by atoms with Gasteiger partial charge in [0.25, 0.3) is 0 Å². The Morgan fingerprint density at radius 1 is 0.640 bits per heavy atom. The molecule has 0 aromatic heterocycles. The van der Waals surface area contributed by atoms with Crippen molar-refractivity contribution in [3.8, 4) is 11.8 Å². The average molecular weight is 476 g/mol. The summed E-state index contributed by atoms with van der Waals surface area (Å²) < 4.78 is 45.7. The molecule has 0 saturated carbocycles. The Labute approximate surface area is 165 Å². The molecule has 0 aromatic carbocycles. The highest BCUT2D eigenvalue weighted by atomic mass is 127. The van der Waals surface area contributed by atoms with E-state index in [4.69, 9.17) is 7.80 Å². The number of rotatable bonds is 17. The highest BCUT2D eigenvalue weighted by Gasteiger charge is 2.22. The van der Waals surface area contributed by atoms with Gasteiger partial charge in [-0.15, -0.1) is 0 Å². The molecule has 0 atom stereocenters. The number of hydrogen-bond donors (Lipinski definition) is 0. The van der Waals surface area contributed by atoms with Gasteiger partial charge >= 0.3 is 6.18 Å². The van der Waals surface area contributed by atoms with E-state index in [0.29, 0.717) is 19.6 Å². The highest BCUT2D eigenvalue weighted by Crippen LogP contribution is 2.14. The molecule has 0 amide bonds. The molecular weight excluding hydrogens is 444 g/mol. The van der Waals surface area contributed by atoms with Gasteiger partial charge in [-0.1, -0.05) is 70.1 Å². The molecule has 0 radical (unpaired) electrons. The Bertz CT molecular complexity index is 338. The predicted molar refractivity (Wildman–Crippen MR) is 105 cm³/mol. The zero-order chi connectivity index (χ0) is 18.6. The SMILES string of the molecule is FC(F)(F)C#CCCCCCCCCCCCCCCOCCOI. The first kappa shape index (κ1) is 25.0. The second kappa shape index (κ2) is 18.8. The zero-order valence-corrected chi connectivity index (χ0v) is 17.3. The van der Waals surface area contributed by atoms with Crippen LogP contribution >= 0.6 is 23.0 Å². The van der Waals surface area contributed by atoms with Crippen LogP contribution in [-0.4, -0.2) is 26.0 Å². The van der Waals surface area contributed by atoms with E-state index in [1.54, 1.807) is 0 Å². The minimum Gasteiger partial charge on any atom is -0.379 e. The first-order valence-corrected chi connectivity index (χ1v) is 10.3. The molecule has 0 N–H and O–H groups in total. The number of unbranched alkanes of at least 4 members (excludes halogenated alkanes) is 12. The summed E-state index contributed by atoms with van der Waals surface area (Å²) >= 11 is 1.87. The highest BCUT2D eigenvalue weighted by molar-refractivity contribution is 14.1. The molecule has 148 valence electrons. The average Bonchev–Trinajstić information content (AvgIpc) is 2.56. The van der Waals surface area contributed by atoms with E-state index in [2.05, 4.69) is 5.92 Å². The quantitative estimate of drug-likeness (QED) is 0.128. The van der Waals surface area contributed by atoms with E-state index in [9.17, 15) is 13.2 Å². The molecule has 0 aliphatic rings. The lowest BCUT2D eigenvalue weighted by atomic mass is 10.0. The van der Waals surface area contributed by atoms with E-state index < -0.39 is 6.18 Å². The summed E-state index contributed by atoms with van der Waals surface area (Å²) in [6.45, 7) is 2.18. The first-order valence-electron chi connectivity index (χ1n) is 9.44. The number of hydrogen-bond acceptors (Lipinski definition) is 2. The van der Waals surface area contributed by atoms with E-state index in [1.165, 1.54) is 57.3 Å². The fourth-order valence-electron chi connectivity index (χ4n) is 2.54. The van der Waals surface area contributed by atoms with Crippen molar-refractivity contribution in [3.63, 3.8) is 0 Å². The van der Waals surface area contributed by atoms with Gasteiger partial charge in [-0.2, -0.15) is 13.2 Å². The summed E-state index contributed by atoms with van der Waals surface area (Å²) in [5.41, 5.74) is 0. The van der Waals surface area contributed by atoms with Gasteiger partial charge in [0, 0.05) is 18.9 Å². The molecule has 0 heterocycles. The first-order chi connectivity index (χ1) is 12.1. The largest absolute Gasteiger partial charge is 0.457 e. The van der Waals surface area contributed by atoms with Crippen LogP contribution in [0.2, 0.25) is 0 Å². The van der Waals surface area contributed by atoms with Crippen molar-refractivity contribution in [2.24, 2.45) is 0 Å². The monoisotopic (exact) mass is 476 g/mol. The van der Waals surface area contributed by atoms with E-state index in [-0.39, 0.29) is 0 Å². The second-order valence-electron chi connectivity index (χ2n) is 6.22. The summed E-state index contributed by atoms with van der Waals surface area (Å²) in [6.07, 6.45) is 10.1. The van der Waals surface area contributed by atoms with Crippen LogP contribution in [0.25, 0.3) is 0 Å². The van der Waals surface area contributed by atoms with Crippen LogP contribution in [0.15, 0.2) is 0 Å². The molecule has 0 spiro atoms. The Kier molecular flexibility index (Phi) is 18.8. The minimum atomic E-state index is -4.34. The maximum atomic E-state index is 11.8. The lowest BCUT2D eigenvalue weighted by molar-refractivity contribution is -0.0697. The fourth-order valence-corrected chi connectivity index (χ4v) is 2.72. The number of halogens is 4. The molecule has 2 nitrogen and oxygen atoms in total. The third-order valence-corrected chi connectivity index (χ3v) is 4.32. The molecule has 0 bridgehead atoms. The smallest absolute Gasteiger partial charge is 0.379 e. The molecule has 6 heteroatoms. The van der Waals surface area contributed by atoms with Crippen molar-refractivity contribution in [1.29, 1.82) is 0 Å². The number of alkyl halides is 3. The molecular formula is C19H32F3IO2. The van der Waals surface area contributed by atoms with Crippen molar-refractivity contribution in [2.75, 3.05) is 19.8 Å². The normalized spacial score (nSPS) is 11.4. The van der Waals surface area contributed by atoms with Gasteiger partial charge < -0.3 is 7.80 Å². The molecule has 25 heavy (non-hydrogen) atoms. The fraction of sp³-hybridized carbons (Fsp3) is 0.895. The lowest BCUT2D eigenvalue weighted by Crippen LogP contribution is -2.01. The van der Waals surface area contributed by atoms with Crippen molar-refractivity contribution in [3.05, 3.63) is 0 Å². The molecule has 0 unspecified atom stereocenters. The van der Waals surface area contributed by atoms with Crippen molar-refractivity contribution >= 4 is 23.0 Å². The van der Waals surface area contributed by atoms with Crippen LogP contribution in [0.4, 0.5) is 13.2 Å². The molecule has 0 rings (SSSR count). The van der Waals surface area contributed by atoms with Gasteiger partial charge in [0.05, 0.1) is 13.2 Å². The van der Waals surface area contributed by atoms with Crippen LogP contribution < -0.4 is 0 Å². The maximum absolute atomic E-state index is 11.8. The second-order valence-corrected chi connectivity index (χ2v) is 6.84. The summed E-state index contributed by atoms with van der Waals surface area (Å²) in [6, 6.07) is 0. The van der Waals surface area contributed by atoms with E-state index >= 15 is 0 Å². The van der Waals surface area contributed by atoms with Crippen LogP contribution in [0, 0.1) is 11.8 Å². The van der Waals surface area contributed by atoms with Crippen molar-refractivity contribution in [2.45, 2.75) is 89.6 Å². The molecule has 0 fully saturated rings. The van der Waals surface area contributed by atoms with Crippen molar-refractivity contribution < 1.29 is 21.0 Å². The van der Waals surface area contributed by atoms with Crippen molar-refractivity contribution in [1.82, 2.24) is 0 Å². The van der Waals surface area contributed by atoms with E-state index in [0.717, 1.165) is 32.3 Å². The van der Waals surface area contributed by atoms with Gasteiger partial charge in [-0.3, -0.25) is 0 Å². The summed E-state index contributed by atoms with van der Waals surface area (Å²) in [5, 5.41) is 0. The van der Waals surface area contributed by atoms with Gasteiger partial charge in [0.15, 0.2) is 0 Å². The lowest BCUT2D eigenvalue weighted by Gasteiger charge is -2.04. The van der Waals surface area contributed by atoms with Crippen LogP contribution in [0.3, 0.4) is 0 Å². The van der Waals surface area contributed by atoms with Gasteiger partial charge in [0.2, 0.25) is 0 Å². The van der Waals surface area contributed by atoms with Crippen LogP contribution in [-0.2, 0) is 7.80 Å². The molecule has 0 aromatic rings. The maximum Gasteiger partial charge on any atom is 0.457 e. The molecule has 0 aliphatic heterocycles. The zero-order valence-electron chi connectivity index (χ0n) is 15.1. The van der Waals surface area contributed by atoms with Crippen LogP contribution in [0.5, 0.6) is 0 Å². The minimum absolute atomic E-state index is 0.358. The topological polar surface area (TPSA) is 18.5 Å². The third-order valence-electron chi connectivity index (χ3n) is 3.88. The third kappa shape index (κ3) is 24.0. The Morgan fingerprint density at radius 3 is 1.60 bits per heavy atom.